The van der Waals surface area contributed by atoms with Crippen molar-refractivity contribution < 1.29 is 62.2 Å². The molecule has 0 radical (unpaired) electrons. The van der Waals surface area contributed by atoms with Gasteiger partial charge >= 0.3 is 18.3 Å². The lowest BCUT2D eigenvalue weighted by atomic mass is 10.0. The van der Waals surface area contributed by atoms with E-state index < -0.39 is 53.0 Å². The van der Waals surface area contributed by atoms with Crippen LogP contribution in [0, 0.1) is 33.8 Å². The minimum absolute atomic E-state index is 0.0336. The molecule has 2 aliphatic rings. The lowest BCUT2D eigenvalue weighted by molar-refractivity contribution is -0.384. The predicted molar refractivity (Wildman–Crippen MR) is 256 cm³/mol. The number of aryl methyl sites for hydroxylation is 1. The maximum absolute atomic E-state index is 13.7. The van der Waals surface area contributed by atoms with E-state index in [0.29, 0.717) is 36.2 Å². The number of nitrogens with one attached hydrogen (secondary N) is 6. The fraction of sp³-hybridized carbons (Fsp3) is 0.553. The van der Waals surface area contributed by atoms with E-state index in [9.17, 15) is 43.7 Å². The molecule has 5 atom stereocenters. The van der Waals surface area contributed by atoms with Crippen molar-refractivity contribution in [2.45, 2.75) is 90.4 Å². The number of amides is 7. The van der Waals surface area contributed by atoms with Crippen molar-refractivity contribution in [1.82, 2.24) is 41.6 Å². The van der Waals surface area contributed by atoms with Crippen LogP contribution >= 0.6 is 0 Å². The molecule has 392 valence electrons. The molecule has 7 amide bonds. The van der Waals surface area contributed by atoms with Crippen LogP contribution in [-0.4, -0.2) is 127 Å². The monoisotopic (exact) mass is 1010 g/mol. The fourth-order valence-electron chi connectivity index (χ4n) is 8.15. The lowest BCUT2D eigenvalue weighted by Crippen LogP contribution is -2.54. The van der Waals surface area contributed by atoms with Gasteiger partial charge in [-0.1, -0.05) is 31.2 Å². The van der Waals surface area contributed by atoms with Crippen LogP contribution < -0.4 is 42.4 Å². The Morgan fingerprint density at radius 1 is 0.833 bits per heavy atom. The van der Waals surface area contributed by atoms with Crippen LogP contribution in [0.2, 0.25) is 0 Å². The number of benzene rings is 2. The third-order valence-electron chi connectivity index (χ3n) is 12.1. The number of ether oxygens (including phenoxy) is 5. The van der Waals surface area contributed by atoms with E-state index in [4.69, 9.17) is 29.4 Å². The molecular weight excluding hydrogens is 943 g/mol. The molecule has 2 aliphatic carbocycles. The van der Waals surface area contributed by atoms with Crippen molar-refractivity contribution in [2.75, 3.05) is 58.5 Å². The Morgan fingerprint density at radius 3 is 2.21 bits per heavy atom. The summed E-state index contributed by atoms with van der Waals surface area (Å²) in [4.78, 5) is 97.5. The normalized spacial score (nSPS) is 16.5. The molecule has 8 N–H and O–H groups in total. The highest BCUT2D eigenvalue weighted by atomic mass is 16.7. The number of nitro benzene ring substituents is 1. The van der Waals surface area contributed by atoms with Gasteiger partial charge in [0.2, 0.25) is 23.6 Å². The van der Waals surface area contributed by atoms with Crippen LogP contribution in [0.4, 0.5) is 25.8 Å². The van der Waals surface area contributed by atoms with Gasteiger partial charge in [0.1, 0.15) is 24.4 Å². The van der Waals surface area contributed by atoms with Gasteiger partial charge in [0.25, 0.3) is 5.69 Å². The summed E-state index contributed by atoms with van der Waals surface area (Å²) in [5.41, 5.74) is 7.93. The SMILES string of the molecule is CNC(=O)CCOCCNC(=O)OCC1C2CCc3nnn(CCOCCC(=O)N[C@H](C(=O)N[C@@H](CCCNC(N)=O)C(=O)Nc4ccc(COC(=O)Oc5ccc([N+](=O)[O-])cc5)cc4)C(C)C)c3CCC21. The molecular formula is C47H65N11O14. The first kappa shape index (κ1) is 55.5. The molecule has 1 aromatic heterocycles. The Kier molecular flexibility index (Phi) is 21.9. The molecule has 0 bridgehead atoms. The first-order valence-corrected chi connectivity index (χ1v) is 23.9. The van der Waals surface area contributed by atoms with Gasteiger partial charge in [0.05, 0.1) is 55.9 Å². The van der Waals surface area contributed by atoms with Crippen molar-refractivity contribution in [1.29, 1.82) is 0 Å². The van der Waals surface area contributed by atoms with E-state index in [1.54, 1.807) is 45.2 Å². The van der Waals surface area contributed by atoms with Gasteiger partial charge in [-0.2, -0.15) is 0 Å². The Bertz CT molecular complexity index is 2310. The summed E-state index contributed by atoms with van der Waals surface area (Å²) >= 11 is 0. The molecule has 72 heavy (non-hydrogen) atoms. The molecule has 25 heteroatoms. The molecule has 3 unspecified atom stereocenters. The fourth-order valence-corrected chi connectivity index (χ4v) is 8.15. The maximum Gasteiger partial charge on any atom is 0.514 e. The summed E-state index contributed by atoms with van der Waals surface area (Å²) in [5.74, 6) is -0.828. The van der Waals surface area contributed by atoms with Gasteiger partial charge < -0.3 is 61.3 Å². The number of aromatic nitrogens is 3. The Morgan fingerprint density at radius 2 is 1.53 bits per heavy atom. The number of anilines is 1. The van der Waals surface area contributed by atoms with Gasteiger partial charge in [-0.05, 0) is 92.0 Å². The van der Waals surface area contributed by atoms with Crippen LogP contribution in [0.5, 0.6) is 5.75 Å². The third kappa shape index (κ3) is 18.4. The average Bonchev–Trinajstić information content (AvgIpc) is 3.86. The van der Waals surface area contributed by atoms with Crippen LogP contribution in [0.1, 0.15) is 69.3 Å². The second-order valence-corrected chi connectivity index (χ2v) is 17.6. The van der Waals surface area contributed by atoms with Crippen molar-refractivity contribution in [3.63, 3.8) is 0 Å². The number of urea groups is 1. The van der Waals surface area contributed by atoms with Crippen LogP contribution in [0.3, 0.4) is 0 Å². The zero-order valence-electron chi connectivity index (χ0n) is 40.7. The number of hydrogen-bond acceptors (Lipinski definition) is 16. The van der Waals surface area contributed by atoms with Gasteiger partial charge in [-0.15, -0.1) is 5.10 Å². The molecule has 3 aromatic rings. The molecule has 1 saturated carbocycles. The Balaban J connectivity index is 1.01. The average molecular weight is 1010 g/mol. The minimum atomic E-state index is -1.08. The van der Waals surface area contributed by atoms with Crippen molar-refractivity contribution >= 4 is 53.3 Å². The molecule has 25 nitrogen and oxygen atoms in total. The molecule has 2 aromatic carbocycles. The second kappa shape index (κ2) is 28.4. The van der Waals surface area contributed by atoms with Crippen LogP contribution in [-0.2, 0) is 64.1 Å². The number of rotatable bonds is 28. The van der Waals surface area contributed by atoms with E-state index in [2.05, 4.69) is 42.2 Å². The number of primary amides is 1. The summed E-state index contributed by atoms with van der Waals surface area (Å²) in [6.07, 6.45) is 2.45. The summed E-state index contributed by atoms with van der Waals surface area (Å²) in [5, 5.41) is 35.6. The first-order chi connectivity index (χ1) is 34.6. The van der Waals surface area contributed by atoms with Gasteiger partial charge in [-0.3, -0.25) is 29.3 Å². The number of fused-ring (bicyclic) bond motifs is 2. The summed E-state index contributed by atoms with van der Waals surface area (Å²) in [6, 6.07) is 8.41. The summed E-state index contributed by atoms with van der Waals surface area (Å²) in [6.45, 7) is 5.42. The summed E-state index contributed by atoms with van der Waals surface area (Å²) in [7, 11) is 1.56. The first-order valence-electron chi connectivity index (χ1n) is 23.9. The standard InChI is InChI=1S/C47H65N11O14/c1-29(2)42(44(62)53-38(5-4-20-50-45(48)63)43(61)52-31-8-6-30(7-9-31)27-71-47(65)72-33-12-10-32(11-13-33)58(66)67)54-41(60)19-24-69-26-22-57-39-17-15-35-34(14-16-37(39)55-56-57)36(35)28-70-46(64)51-21-25-68-23-18-40(59)49-3/h6-13,29,34-36,38,42H,4-5,14-28H2,1-3H3,(H,49,59)(H,51,64)(H,52,61)(H,53,62)(H,54,60)(H3,48,50,63)/t34?,35?,36?,38-,42-/m0/s1. The Labute approximate surface area is 415 Å². The molecule has 0 spiro atoms. The van der Waals surface area contributed by atoms with Gasteiger partial charge in [-0.25, -0.2) is 19.1 Å². The van der Waals surface area contributed by atoms with Crippen molar-refractivity contribution in [3.05, 3.63) is 75.6 Å². The van der Waals surface area contributed by atoms with E-state index in [-0.39, 0.29) is 101 Å². The zero-order valence-corrected chi connectivity index (χ0v) is 40.7. The van der Waals surface area contributed by atoms with Crippen LogP contribution in [0.15, 0.2) is 48.5 Å². The molecule has 1 fully saturated rings. The summed E-state index contributed by atoms with van der Waals surface area (Å²) < 4.78 is 28.7. The minimum Gasteiger partial charge on any atom is -0.449 e. The predicted octanol–water partition coefficient (Wildman–Crippen LogP) is 2.64. The van der Waals surface area contributed by atoms with E-state index in [1.807, 2.05) is 4.68 Å². The molecule has 5 rings (SSSR count). The smallest absolute Gasteiger partial charge is 0.449 e. The van der Waals surface area contributed by atoms with Crippen LogP contribution in [0.25, 0.3) is 0 Å². The highest BCUT2D eigenvalue weighted by Crippen LogP contribution is 2.53. The third-order valence-corrected chi connectivity index (χ3v) is 12.1. The number of nitrogens with two attached hydrogens (primary N) is 1. The maximum atomic E-state index is 13.7. The molecule has 0 saturated heterocycles. The topological polar surface area (TPSA) is 338 Å². The second-order valence-electron chi connectivity index (χ2n) is 17.6. The molecule has 0 aliphatic heterocycles. The largest absolute Gasteiger partial charge is 0.514 e. The zero-order chi connectivity index (χ0) is 52.0. The van der Waals surface area contributed by atoms with Crippen molar-refractivity contribution in [3.8, 4) is 5.75 Å². The molecule has 1 heterocycles. The van der Waals surface area contributed by atoms with E-state index in [1.165, 1.54) is 24.3 Å². The van der Waals surface area contributed by atoms with Crippen molar-refractivity contribution in [2.24, 2.45) is 29.4 Å². The number of nitro groups is 1. The number of hydrogen-bond donors (Lipinski definition) is 7. The lowest BCUT2D eigenvalue weighted by Gasteiger charge is -2.25. The van der Waals surface area contributed by atoms with Gasteiger partial charge in [0, 0.05) is 50.8 Å². The number of alkyl carbamates (subject to hydrolysis) is 1. The van der Waals surface area contributed by atoms with Gasteiger partial charge in [0.15, 0.2) is 0 Å². The number of nitrogens with zero attached hydrogens (tertiary/aromatic N) is 4. The highest BCUT2D eigenvalue weighted by Gasteiger charge is 2.50. The highest BCUT2D eigenvalue weighted by molar-refractivity contribution is 5.98. The number of carbonyl (C=O) groups excluding carboxylic acids is 7. The number of non-ortho nitro benzene ring substituents is 1. The van der Waals surface area contributed by atoms with E-state index >= 15 is 0 Å². The number of carbonyl (C=O) groups is 7. The van der Waals surface area contributed by atoms with E-state index in [0.717, 1.165) is 37.1 Å². The Hall–Kier alpha value is -7.41. The quantitative estimate of drug-likeness (QED) is 0.0181.